The first-order chi connectivity index (χ1) is 13.0. The molecule has 0 saturated carbocycles. The fraction of sp³-hybridized carbons (Fsp3) is 0.680. The number of esters is 2. The van der Waals surface area contributed by atoms with Gasteiger partial charge in [0.1, 0.15) is 13.2 Å². The maximum absolute atomic E-state index is 12.2. The van der Waals surface area contributed by atoms with Crippen molar-refractivity contribution in [2.45, 2.75) is 101 Å². The Morgan fingerprint density at radius 1 is 0.759 bits per heavy atom. The van der Waals surface area contributed by atoms with Crippen molar-refractivity contribution < 1.29 is 19.1 Å². The molecule has 0 bridgehead atoms. The molecule has 164 valence electrons. The van der Waals surface area contributed by atoms with Crippen LogP contribution < -0.4 is 0 Å². The standard InChI is InChI=1S/C25H40O4/c1-17-11-19(25(8,9)10)12-18(15-28-21(26)13-23(2,3)4)20(17)16-29-22(27)14-24(5,6)7/h11-12H,13-16H2,1-10H3. The third kappa shape index (κ3) is 9.47. The van der Waals surface area contributed by atoms with Gasteiger partial charge in [-0.25, -0.2) is 0 Å². The van der Waals surface area contributed by atoms with Gasteiger partial charge in [0.25, 0.3) is 0 Å². The highest BCUT2D eigenvalue weighted by atomic mass is 16.5. The summed E-state index contributed by atoms with van der Waals surface area (Å²) in [4.78, 5) is 24.4. The fourth-order valence-corrected chi connectivity index (χ4v) is 2.94. The zero-order valence-electron chi connectivity index (χ0n) is 20.1. The van der Waals surface area contributed by atoms with Crippen LogP contribution in [0.25, 0.3) is 0 Å². The van der Waals surface area contributed by atoms with Crippen LogP contribution >= 0.6 is 0 Å². The second kappa shape index (κ2) is 9.32. The zero-order valence-corrected chi connectivity index (χ0v) is 20.1. The largest absolute Gasteiger partial charge is 0.461 e. The van der Waals surface area contributed by atoms with E-state index in [1.54, 1.807) is 0 Å². The molecule has 0 radical (unpaired) electrons. The first kappa shape index (κ1) is 25.2. The Morgan fingerprint density at radius 3 is 1.62 bits per heavy atom. The predicted octanol–water partition coefficient (Wildman–Crippen LogP) is 6.25. The Morgan fingerprint density at radius 2 is 1.21 bits per heavy atom. The summed E-state index contributed by atoms with van der Waals surface area (Å²) >= 11 is 0. The molecule has 0 heterocycles. The first-order valence-corrected chi connectivity index (χ1v) is 10.4. The van der Waals surface area contributed by atoms with Gasteiger partial charge in [-0.3, -0.25) is 9.59 Å². The quantitative estimate of drug-likeness (QED) is 0.526. The number of rotatable bonds is 6. The SMILES string of the molecule is Cc1cc(C(C)(C)C)cc(COC(=O)CC(C)(C)C)c1COC(=O)CC(C)(C)C. The van der Waals surface area contributed by atoms with Crippen LogP contribution in [0.15, 0.2) is 12.1 Å². The smallest absolute Gasteiger partial charge is 0.306 e. The number of hydrogen-bond donors (Lipinski definition) is 0. The lowest BCUT2D eigenvalue weighted by Gasteiger charge is -2.24. The van der Waals surface area contributed by atoms with Gasteiger partial charge in [-0.05, 0) is 45.4 Å². The second-order valence-electron chi connectivity index (χ2n) is 11.5. The molecule has 1 aromatic carbocycles. The van der Waals surface area contributed by atoms with Crippen LogP contribution in [0.4, 0.5) is 0 Å². The summed E-state index contributed by atoms with van der Waals surface area (Å²) in [6.45, 7) is 20.9. The molecule has 0 saturated heterocycles. The summed E-state index contributed by atoms with van der Waals surface area (Å²) in [7, 11) is 0. The van der Waals surface area contributed by atoms with E-state index in [-0.39, 0.29) is 41.4 Å². The minimum Gasteiger partial charge on any atom is -0.461 e. The van der Waals surface area contributed by atoms with Gasteiger partial charge in [0, 0.05) is 0 Å². The van der Waals surface area contributed by atoms with E-state index in [2.05, 4.69) is 32.9 Å². The molecule has 0 spiro atoms. The summed E-state index contributed by atoms with van der Waals surface area (Å²) in [5.74, 6) is -0.431. The van der Waals surface area contributed by atoms with Crippen LogP contribution in [0.1, 0.15) is 97.4 Å². The summed E-state index contributed by atoms with van der Waals surface area (Å²) < 4.78 is 11.1. The van der Waals surface area contributed by atoms with Crippen LogP contribution in [-0.2, 0) is 37.7 Å². The van der Waals surface area contributed by atoms with Crippen LogP contribution in [0.3, 0.4) is 0 Å². The Labute approximate surface area is 177 Å². The van der Waals surface area contributed by atoms with Gasteiger partial charge in [0.2, 0.25) is 0 Å². The summed E-state index contributed by atoms with van der Waals surface area (Å²) in [6, 6.07) is 4.21. The fourth-order valence-electron chi connectivity index (χ4n) is 2.94. The lowest BCUT2D eigenvalue weighted by molar-refractivity contribution is -0.148. The lowest BCUT2D eigenvalue weighted by atomic mass is 9.83. The van der Waals surface area contributed by atoms with E-state index in [1.807, 2.05) is 48.5 Å². The van der Waals surface area contributed by atoms with E-state index in [0.29, 0.717) is 12.8 Å². The van der Waals surface area contributed by atoms with Gasteiger partial charge in [0.15, 0.2) is 0 Å². The molecule has 0 amide bonds. The highest BCUT2D eigenvalue weighted by Gasteiger charge is 2.22. The van der Waals surface area contributed by atoms with E-state index in [4.69, 9.17) is 9.47 Å². The number of aryl methyl sites for hydroxylation is 1. The van der Waals surface area contributed by atoms with Crippen LogP contribution in [0.5, 0.6) is 0 Å². The van der Waals surface area contributed by atoms with Crippen molar-refractivity contribution in [1.82, 2.24) is 0 Å². The van der Waals surface area contributed by atoms with Gasteiger partial charge in [0.05, 0.1) is 12.8 Å². The summed E-state index contributed by atoms with van der Waals surface area (Å²) in [5.41, 5.74) is 3.77. The number of carbonyl (C=O) groups is 2. The monoisotopic (exact) mass is 404 g/mol. The molecule has 0 fully saturated rings. The Balaban J connectivity index is 3.07. The van der Waals surface area contributed by atoms with Crippen LogP contribution in [0.2, 0.25) is 0 Å². The van der Waals surface area contributed by atoms with Crippen molar-refractivity contribution in [2.24, 2.45) is 10.8 Å². The molecule has 1 rings (SSSR count). The third-order valence-electron chi connectivity index (χ3n) is 4.55. The summed E-state index contributed by atoms with van der Waals surface area (Å²) in [5, 5.41) is 0. The maximum Gasteiger partial charge on any atom is 0.306 e. The van der Waals surface area contributed by atoms with Gasteiger partial charge >= 0.3 is 11.9 Å². The average Bonchev–Trinajstić information content (AvgIpc) is 2.47. The van der Waals surface area contributed by atoms with E-state index >= 15 is 0 Å². The number of hydrogen-bond acceptors (Lipinski definition) is 4. The minimum absolute atomic E-state index is 0.0314. The molecule has 0 aromatic heterocycles. The maximum atomic E-state index is 12.2. The Kier molecular flexibility index (Phi) is 8.09. The lowest BCUT2D eigenvalue weighted by Crippen LogP contribution is -2.18. The molecule has 0 aliphatic heterocycles. The summed E-state index contributed by atoms with van der Waals surface area (Å²) in [6.07, 6.45) is 0.725. The van der Waals surface area contributed by atoms with Crippen LogP contribution in [0, 0.1) is 17.8 Å². The van der Waals surface area contributed by atoms with Crippen molar-refractivity contribution >= 4 is 11.9 Å². The van der Waals surface area contributed by atoms with Gasteiger partial charge < -0.3 is 9.47 Å². The third-order valence-corrected chi connectivity index (χ3v) is 4.55. The highest BCUT2D eigenvalue weighted by molar-refractivity contribution is 5.70. The van der Waals surface area contributed by atoms with Crippen molar-refractivity contribution in [3.05, 3.63) is 34.4 Å². The van der Waals surface area contributed by atoms with Gasteiger partial charge in [-0.15, -0.1) is 0 Å². The molecule has 1 aromatic rings. The Bertz CT molecular complexity index is 725. The topological polar surface area (TPSA) is 52.6 Å². The molecule has 0 atom stereocenters. The second-order valence-corrected chi connectivity index (χ2v) is 11.5. The average molecular weight is 405 g/mol. The van der Waals surface area contributed by atoms with E-state index in [1.165, 1.54) is 5.56 Å². The molecule has 29 heavy (non-hydrogen) atoms. The zero-order chi connectivity index (χ0) is 22.6. The van der Waals surface area contributed by atoms with Gasteiger partial charge in [-0.2, -0.15) is 0 Å². The van der Waals surface area contributed by atoms with E-state index in [0.717, 1.165) is 16.7 Å². The van der Waals surface area contributed by atoms with Crippen molar-refractivity contribution in [1.29, 1.82) is 0 Å². The number of benzene rings is 1. The van der Waals surface area contributed by atoms with E-state index < -0.39 is 0 Å². The van der Waals surface area contributed by atoms with Crippen LogP contribution in [-0.4, -0.2) is 11.9 Å². The van der Waals surface area contributed by atoms with Crippen molar-refractivity contribution in [2.75, 3.05) is 0 Å². The predicted molar refractivity (Wildman–Crippen MR) is 118 cm³/mol. The Hall–Kier alpha value is -1.84. The van der Waals surface area contributed by atoms with Crippen molar-refractivity contribution in [3.8, 4) is 0 Å². The molecular weight excluding hydrogens is 364 g/mol. The van der Waals surface area contributed by atoms with E-state index in [9.17, 15) is 9.59 Å². The normalized spacial score (nSPS) is 12.6. The minimum atomic E-state index is -0.216. The molecule has 4 heteroatoms. The number of ether oxygens (including phenoxy) is 2. The molecule has 0 aliphatic rings. The van der Waals surface area contributed by atoms with Gasteiger partial charge in [-0.1, -0.05) is 74.4 Å². The molecule has 0 unspecified atom stereocenters. The van der Waals surface area contributed by atoms with Crippen molar-refractivity contribution in [3.63, 3.8) is 0 Å². The number of carbonyl (C=O) groups excluding carboxylic acids is 2. The highest BCUT2D eigenvalue weighted by Crippen LogP contribution is 2.29. The molecule has 4 nitrogen and oxygen atoms in total. The first-order valence-electron chi connectivity index (χ1n) is 10.4. The molecule has 0 N–H and O–H groups in total. The molecular formula is C25H40O4. The molecule has 0 aliphatic carbocycles.